The summed E-state index contributed by atoms with van der Waals surface area (Å²) in [6, 6.07) is 10.8. The molecule has 3 aromatic rings. The largest absolute Gasteiger partial charge is 0.207 e. The van der Waals surface area contributed by atoms with Crippen LogP contribution in [0.15, 0.2) is 48.5 Å². The standard InChI is InChI=1S/C18H8F6/c19-12-7-5-10(6-8-12)9-1-3-11(4-2-9)13-14(20)16(22)18(24)17(23)15(13)21/h1-8H. The van der Waals surface area contributed by atoms with Crippen molar-refractivity contribution in [1.29, 1.82) is 0 Å². The van der Waals surface area contributed by atoms with Crippen LogP contribution < -0.4 is 0 Å². The van der Waals surface area contributed by atoms with Gasteiger partial charge in [0.25, 0.3) is 0 Å². The molecule has 0 bridgehead atoms. The molecule has 0 unspecified atom stereocenters. The number of halogens is 6. The molecule has 0 fully saturated rings. The van der Waals surface area contributed by atoms with Crippen molar-refractivity contribution in [2.24, 2.45) is 0 Å². The van der Waals surface area contributed by atoms with Crippen molar-refractivity contribution in [3.8, 4) is 22.3 Å². The summed E-state index contributed by atoms with van der Waals surface area (Å²) in [4.78, 5) is 0. The van der Waals surface area contributed by atoms with E-state index >= 15 is 0 Å². The maximum absolute atomic E-state index is 13.8. The summed E-state index contributed by atoms with van der Waals surface area (Å²) in [6.07, 6.45) is 0. The van der Waals surface area contributed by atoms with E-state index in [-0.39, 0.29) is 5.56 Å². The Morgan fingerprint density at radius 1 is 0.375 bits per heavy atom. The van der Waals surface area contributed by atoms with E-state index in [0.717, 1.165) is 0 Å². The van der Waals surface area contributed by atoms with Gasteiger partial charge in [0.1, 0.15) is 5.82 Å². The highest BCUT2D eigenvalue weighted by atomic mass is 19.2. The fourth-order valence-electron chi connectivity index (χ4n) is 2.33. The normalized spacial score (nSPS) is 10.9. The van der Waals surface area contributed by atoms with E-state index in [1.807, 2.05) is 0 Å². The minimum atomic E-state index is -2.20. The second kappa shape index (κ2) is 6.03. The molecule has 0 spiro atoms. The molecule has 122 valence electrons. The van der Waals surface area contributed by atoms with Crippen molar-refractivity contribution < 1.29 is 26.3 Å². The van der Waals surface area contributed by atoms with Gasteiger partial charge in [-0.05, 0) is 28.8 Å². The zero-order chi connectivity index (χ0) is 17.4. The van der Waals surface area contributed by atoms with Crippen LogP contribution in [0.3, 0.4) is 0 Å². The monoisotopic (exact) mass is 338 g/mol. The quantitative estimate of drug-likeness (QED) is 0.312. The Hall–Kier alpha value is -2.76. The number of hydrogen-bond acceptors (Lipinski definition) is 0. The molecule has 0 amide bonds. The average molecular weight is 338 g/mol. The maximum Gasteiger partial charge on any atom is 0.200 e. The molecule has 0 heterocycles. The molecule has 0 aliphatic heterocycles. The van der Waals surface area contributed by atoms with Crippen LogP contribution in [-0.2, 0) is 0 Å². The molecule has 3 rings (SSSR count). The second-order valence-electron chi connectivity index (χ2n) is 5.03. The predicted molar refractivity (Wildman–Crippen MR) is 77.1 cm³/mol. The highest BCUT2D eigenvalue weighted by molar-refractivity contribution is 5.71. The van der Waals surface area contributed by atoms with Gasteiger partial charge in [-0.25, -0.2) is 26.3 Å². The Labute approximate surface area is 133 Å². The first kappa shape index (κ1) is 16.1. The van der Waals surface area contributed by atoms with Crippen LogP contribution in [0.5, 0.6) is 0 Å². The third-order valence-electron chi connectivity index (χ3n) is 3.56. The third kappa shape index (κ3) is 2.64. The van der Waals surface area contributed by atoms with Gasteiger partial charge >= 0.3 is 0 Å². The van der Waals surface area contributed by atoms with Crippen LogP contribution in [0, 0.1) is 34.9 Å². The van der Waals surface area contributed by atoms with E-state index < -0.39 is 40.5 Å². The molecule has 0 aromatic heterocycles. The van der Waals surface area contributed by atoms with Crippen molar-refractivity contribution in [2.45, 2.75) is 0 Å². The van der Waals surface area contributed by atoms with E-state index in [2.05, 4.69) is 0 Å². The minimum absolute atomic E-state index is 0.159. The summed E-state index contributed by atoms with van der Waals surface area (Å²) in [5, 5.41) is 0. The third-order valence-corrected chi connectivity index (χ3v) is 3.56. The maximum atomic E-state index is 13.8. The Balaban J connectivity index is 2.08. The van der Waals surface area contributed by atoms with Crippen molar-refractivity contribution in [3.63, 3.8) is 0 Å². The fraction of sp³-hybridized carbons (Fsp3) is 0. The first-order chi connectivity index (χ1) is 11.4. The highest BCUT2D eigenvalue weighted by Crippen LogP contribution is 2.32. The van der Waals surface area contributed by atoms with E-state index in [4.69, 9.17) is 0 Å². The van der Waals surface area contributed by atoms with Crippen molar-refractivity contribution in [1.82, 2.24) is 0 Å². The van der Waals surface area contributed by atoms with E-state index in [0.29, 0.717) is 11.1 Å². The van der Waals surface area contributed by atoms with Crippen LogP contribution in [0.1, 0.15) is 0 Å². The van der Waals surface area contributed by atoms with Crippen molar-refractivity contribution in [3.05, 3.63) is 83.4 Å². The van der Waals surface area contributed by atoms with E-state index in [9.17, 15) is 26.3 Å². The average Bonchev–Trinajstić information content (AvgIpc) is 2.60. The molecule has 3 aromatic carbocycles. The SMILES string of the molecule is Fc1ccc(-c2ccc(-c3c(F)c(F)c(F)c(F)c3F)cc2)cc1. The minimum Gasteiger partial charge on any atom is -0.207 e. The highest BCUT2D eigenvalue weighted by Gasteiger charge is 2.26. The number of rotatable bonds is 2. The van der Waals surface area contributed by atoms with E-state index in [1.54, 1.807) is 0 Å². The molecule has 0 nitrogen and oxygen atoms in total. The van der Waals surface area contributed by atoms with Gasteiger partial charge in [-0.15, -0.1) is 0 Å². The van der Waals surface area contributed by atoms with Crippen LogP contribution in [0.2, 0.25) is 0 Å². The molecule has 0 aliphatic rings. The van der Waals surface area contributed by atoms with Gasteiger partial charge in [0.15, 0.2) is 23.3 Å². The Morgan fingerprint density at radius 2 is 0.708 bits per heavy atom. The smallest absolute Gasteiger partial charge is 0.200 e. The number of hydrogen-bond donors (Lipinski definition) is 0. The molecule has 24 heavy (non-hydrogen) atoms. The summed E-state index contributed by atoms with van der Waals surface area (Å²) < 4.78 is 80.1. The van der Waals surface area contributed by atoms with Gasteiger partial charge in [-0.3, -0.25) is 0 Å². The van der Waals surface area contributed by atoms with Gasteiger partial charge in [0, 0.05) is 0 Å². The van der Waals surface area contributed by atoms with Gasteiger partial charge in [-0.2, -0.15) is 0 Å². The molecule has 6 heteroatoms. The van der Waals surface area contributed by atoms with Crippen molar-refractivity contribution >= 4 is 0 Å². The summed E-state index contributed by atoms with van der Waals surface area (Å²) in [7, 11) is 0. The summed E-state index contributed by atoms with van der Waals surface area (Å²) >= 11 is 0. The van der Waals surface area contributed by atoms with Crippen molar-refractivity contribution in [2.75, 3.05) is 0 Å². The first-order valence-electron chi connectivity index (χ1n) is 6.78. The zero-order valence-electron chi connectivity index (χ0n) is 11.9. The summed E-state index contributed by atoms with van der Waals surface area (Å²) in [5.74, 6) is -10.4. The molecule has 0 atom stereocenters. The molecule has 0 radical (unpaired) electrons. The lowest BCUT2D eigenvalue weighted by Crippen LogP contribution is -2.03. The molecule has 0 saturated heterocycles. The van der Waals surface area contributed by atoms with Gasteiger partial charge in [0.05, 0.1) is 5.56 Å². The Bertz CT molecular complexity index is 869. The molecule has 0 N–H and O–H groups in total. The van der Waals surface area contributed by atoms with Crippen LogP contribution in [0.4, 0.5) is 26.3 Å². The Morgan fingerprint density at radius 3 is 1.17 bits per heavy atom. The van der Waals surface area contributed by atoms with Gasteiger partial charge in [0.2, 0.25) is 5.82 Å². The molecule has 0 saturated carbocycles. The molecular formula is C18H8F6. The van der Waals surface area contributed by atoms with E-state index in [1.165, 1.54) is 48.5 Å². The lowest BCUT2D eigenvalue weighted by molar-refractivity contribution is 0.381. The van der Waals surface area contributed by atoms with Gasteiger partial charge < -0.3 is 0 Å². The molecular weight excluding hydrogens is 330 g/mol. The summed E-state index contributed by atoms with van der Waals surface area (Å²) in [6.45, 7) is 0. The fourth-order valence-corrected chi connectivity index (χ4v) is 2.33. The predicted octanol–water partition coefficient (Wildman–Crippen LogP) is 5.86. The van der Waals surface area contributed by atoms with Crippen LogP contribution >= 0.6 is 0 Å². The summed E-state index contributed by atoms with van der Waals surface area (Å²) in [5.41, 5.74) is 0.0914. The zero-order valence-corrected chi connectivity index (χ0v) is 11.9. The first-order valence-corrected chi connectivity index (χ1v) is 6.78. The van der Waals surface area contributed by atoms with Crippen LogP contribution in [-0.4, -0.2) is 0 Å². The van der Waals surface area contributed by atoms with Crippen LogP contribution in [0.25, 0.3) is 22.3 Å². The van der Waals surface area contributed by atoms with Gasteiger partial charge in [-0.1, -0.05) is 36.4 Å². The molecule has 0 aliphatic carbocycles. The number of benzene rings is 3. The lowest BCUT2D eigenvalue weighted by atomic mass is 9.99. The lowest BCUT2D eigenvalue weighted by Gasteiger charge is -2.09. The second-order valence-corrected chi connectivity index (χ2v) is 5.03. The topological polar surface area (TPSA) is 0 Å². The Kier molecular flexibility index (Phi) is 4.05.